The number of piperazine rings is 1. The van der Waals surface area contributed by atoms with Gasteiger partial charge in [-0.2, -0.15) is 26.3 Å². The van der Waals surface area contributed by atoms with E-state index in [9.17, 15) is 53.9 Å². The smallest absolute Gasteiger partial charge is 0.483 e. The summed E-state index contributed by atoms with van der Waals surface area (Å²) < 4.78 is 127. The molecule has 17 heteroatoms. The molecular weight excluding hydrogens is 677 g/mol. The van der Waals surface area contributed by atoms with E-state index in [1.807, 2.05) is 13.8 Å². The van der Waals surface area contributed by atoms with E-state index in [4.69, 9.17) is 4.74 Å². The van der Waals surface area contributed by atoms with Gasteiger partial charge in [0.1, 0.15) is 17.5 Å². The first-order chi connectivity index (χ1) is 22.8. The van der Waals surface area contributed by atoms with Gasteiger partial charge < -0.3 is 24.6 Å². The van der Waals surface area contributed by atoms with Gasteiger partial charge in [-0.05, 0) is 72.1 Å². The van der Waals surface area contributed by atoms with Crippen molar-refractivity contribution in [3.8, 4) is 22.6 Å². The highest BCUT2D eigenvalue weighted by Gasteiger charge is 2.41. The van der Waals surface area contributed by atoms with E-state index in [0.29, 0.717) is 12.1 Å². The number of anilines is 1. The molecule has 2 heterocycles. The normalized spacial score (nSPS) is 16.4. The van der Waals surface area contributed by atoms with Crippen molar-refractivity contribution in [1.29, 1.82) is 0 Å². The summed E-state index contributed by atoms with van der Waals surface area (Å²) in [5, 5.41) is 2.53. The monoisotopic (exact) mass is 705 g/mol. The Kier molecular flexibility index (Phi) is 10.4. The van der Waals surface area contributed by atoms with Gasteiger partial charge in [-0.3, -0.25) is 14.4 Å². The third kappa shape index (κ3) is 8.56. The summed E-state index contributed by atoms with van der Waals surface area (Å²) in [6.45, 7) is 4.39. The van der Waals surface area contributed by atoms with E-state index in [2.05, 4.69) is 10.1 Å². The van der Waals surface area contributed by atoms with Gasteiger partial charge >= 0.3 is 18.7 Å². The summed E-state index contributed by atoms with van der Waals surface area (Å²) in [7, 11) is 0. The Bertz CT molecular complexity index is 1710. The fourth-order valence-corrected chi connectivity index (χ4v) is 5.19. The molecule has 2 aliphatic rings. The summed E-state index contributed by atoms with van der Waals surface area (Å²) in [6, 6.07) is 6.55. The minimum absolute atomic E-state index is 0.0148. The summed E-state index contributed by atoms with van der Waals surface area (Å²) >= 11 is 0. The van der Waals surface area contributed by atoms with Crippen molar-refractivity contribution in [2.45, 2.75) is 45.5 Å². The van der Waals surface area contributed by atoms with Crippen LogP contribution in [0.15, 0.2) is 54.6 Å². The fourth-order valence-electron chi connectivity index (χ4n) is 5.19. The zero-order valence-electron chi connectivity index (χ0n) is 25.9. The van der Waals surface area contributed by atoms with Crippen molar-refractivity contribution < 1.29 is 63.4 Å². The maximum atomic E-state index is 13.6. The van der Waals surface area contributed by atoms with Crippen molar-refractivity contribution >= 4 is 23.4 Å². The standard InChI is InChI=1S/C30H22F9N3O5.C2H6/c1-15-8-20(47-30(37,38)39)3-5-24(15)46-14-25(43)41-6-7-42-23(13-41)26(44)40-22-4-2-16(11-21(22)27(42)45)17-9-18(28(31,32)33)12-19(10-17)29(34,35)36;1-2/h2-5,8-12,23H,6-7,13-14H2,1H3,(H,40,44);1-2H3. The molecule has 1 unspecified atom stereocenters. The van der Waals surface area contributed by atoms with Crippen LogP contribution >= 0.6 is 0 Å². The van der Waals surface area contributed by atoms with Gasteiger partial charge in [0.2, 0.25) is 5.91 Å². The first kappa shape index (κ1) is 36.9. The number of carbonyl (C=O) groups is 3. The van der Waals surface area contributed by atoms with Crippen LogP contribution in [0.2, 0.25) is 0 Å². The molecule has 1 fully saturated rings. The Morgan fingerprint density at radius 1 is 0.837 bits per heavy atom. The van der Waals surface area contributed by atoms with Crippen molar-refractivity contribution in [3.63, 3.8) is 0 Å². The molecule has 8 nitrogen and oxygen atoms in total. The minimum Gasteiger partial charge on any atom is -0.483 e. The quantitative estimate of drug-likeness (QED) is 0.282. The van der Waals surface area contributed by atoms with E-state index < -0.39 is 71.5 Å². The summed E-state index contributed by atoms with van der Waals surface area (Å²) in [5.74, 6) is -2.42. The maximum Gasteiger partial charge on any atom is 0.573 e. The number of rotatable bonds is 5. The molecule has 3 aromatic carbocycles. The number of alkyl halides is 9. The largest absolute Gasteiger partial charge is 0.573 e. The summed E-state index contributed by atoms with van der Waals surface area (Å²) in [5.41, 5.74) is -3.64. The Labute approximate surface area is 273 Å². The molecular formula is C32H28F9N3O5. The number of hydrogen-bond donors (Lipinski definition) is 1. The second-order valence-electron chi connectivity index (χ2n) is 10.7. The number of aryl methyl sites for hydroxylation is 1. The number of benzene rings is 3. The van der Waals surface area contributed by atoms with Gasteiger partial charge in [0, 0.05) is 13.1 Å². The lowest BCUT2D eigenvalue weighted by Gasteiger charge is -2.39. The molecule has 1 atom stereocenters. The van der Waals surface area contributed by atoms with E-state index in [1.54, 1.807) is 0 Å². The second kappa shape index (κ2) is 13.9. The molecule has 0 radical (unpaired) electrons. The van der Waals surface area contributed by atoms with E-state index >= 15 is 0 Å². The number of nitrogens with zero attached hydrogens (tertiary/aromatic N) is 2. The Morgan fingerprint density at radius 2 is 1.47 bits per heavy atom. The maximum absolute atomic E-state index is 13.6. The van der Waals surface area contributed by atoms with Crippen LogP contribution in [0.4, 0.5) is 45.2 Å². The molecule has 3 amide bonds. The Hall–Kier alpha value is -4.96. The van der Waals surface area contributed by atoms with Gasteiger partial charge in [0.05, 0.1) is 28.9 Å². The first-order valence-corrected chi connectivity index (χ1v) is 14.6. The van der Waals surface area contributed by atoms with Crippen molar-refractivity contribution in [3.05, 3.63) is 76.9 Å². The second-order valence-corrected chi connectivity index (χ2v) is 10.7. The molecule has 1 N–H and O–H groups in total. The lowest BCUT2D eigenvalue weighted by atomic mass is 9.96. The number of carbonyl (C=O) groups excluding carboxylic acids is 3. The average Bonchev–Trinajstić information content (AvgIpc) is 3.12. The van der Waals surface area contributed by atoms with Crippen LogP contribution < -0.4 is 14.8 Å². The minimum atomic E-state index is -5.09. The Balaban J connectivity index is 0.00000265. The number of ether oxygens (including phenoxy) is 2. The zero-order chi connectivity index (χ0) is 36.5. The lowest BCUT2D eigenvalue weighted by molar-refractivity contribution is -0.274. The molecule has 264 valence electrons. The number of fused-ring (bicyclic) bond motifs is 2. The van der Waals surface area contributed by atoms with Crippen molar-refractivity contribution in [1.82, 2.24) is 9.80 Å². The van der Waals surface area contributed by atoms with E-state index in [0.717, 1.165) is 23.1 Å². The molecule has 2 aliphatic heterocycles. The lowest BCUT2D eigenvalue weighted by Crippen LogP contribution is -2.60. The highest BCUT2D eigenvalue weighted by atomic mass is 19.4. The zero-order valence-corrected chi connectivity index (χ0v) is 25.9. The van der Waals surface area contributed by atoms with Gasteiger partial charge in [-0.1, -0.05) is 19.9 Å². The van der Waals surface area contributed by atoms with Crippen molar-refractivity contribution in [2.24, 2.45) is 0 Å². The number of hydrogen-bond acceptors (Lipinski definition) is 5. The Morgan fingerprint density at radius 3 is 2.04 bits per heavy atom. The first-order valence-electron chi connectivity index (χ1n) is 14.6. The predicted octanol–water partition coefficient (Wildman–Crippen LogP) is 7.31. The van der Waals surface area contributed by atoms with Crippen LogP contribution in [0.5, 0.6) is 11.5 Å². The predicted molar refractivity (Wildman–Crippen MR) is 157 cm³/mol. The molecule has 3 aromatic rings. The summed E-state index contributed by atoms with van der Waals surface area (Å²) in [6.07, 6.45) is -15.1. The molecule has 0 aromatic heterocycles. The van der Waals surface area contributed by atoms with Gasteiger partial charge in [-0.25, -0.2) is 0 Å². The molecule has 0 saturated carbocycles. The van der Waals surface area contributed by atoms with E-state index in [1.165, 1.54) is 30.0 Å². The molecule has 0 aliphatic carbocycles. The number of nitrogens with one attached hydrogen (secondary N) is 1. The van der Waals surface area contributed by atoms with Crippen LogP contribution in [-0.4, -0.2) is 66.2 Å². The highest BCUT2D eigenvalue weighted by molar-refractivity contribution is 6.10. The molecule has 0 bridgehead atoms. The van der Waals surface area contributed by atoms with E-state index in [-0.39, 0.29) is 53.8 Å². The molecule has 1 saturated heterocycles. The highest BCUT2D eigenvalue weighted by Crippen LogP contribution is 2.40. The third-order valence-electron chi connectivity index (χ3n) is 7.46. The number of halogens is 9. The van der Waals surface area contributed by atoms with Gasteiger partial charge in [0.15, 0.2) is 6.61 Å². The van der Waals surface area contributed by atoms with Gasteiger partial charge in [-0.15, -0.1) is 13.2 Å². The number of amides is 3. The molecule has 5 rings (SSSR count). The molecule has 0 spiro atoms. The van der Waals surface area contributed by atoms with Crippen LogP contribution in [0, 0.1) is 6.92 Å². The van der Waals surface area contributed by atoms with Gasteiger partial charge in [0.25, 0.3) is 11.8 Å². The molecule has 49 heavy (non-hydrogen) atoms. The van der Waals surface area contributed by atoms with Crippen LogP contribution in [0.25, 0.3) is 11.1 Å². The topological polar surface area (TPSA) is 88.2 Å². The SMILES string of the molecule is CC.Cc1cc(OC(F)(F)F)ccc1OCC(=O)N1CCN2C(=O)c3cc(-c4cc(C(F)(F)F)cc(C(F)(F)F)c4)ccc3NC(=O)C2C1. The van der Waals surface area contributed by atoms with Crippen molar-refractivity contribution in [2.75, 3.05) is 31.6 Å². The average molecular weight is 706 g/mol. The van der Waals surface area contributed by atoms with Crippen LogP contribution in [-0.2, 0) is 21.9 Å². The fraction of sp³-hybridized carbons (Fsp3) is 0.344. The summed E-state index contributed by atoms with van der Waals surface area (Å²) in [4.78, 5) is 42.0. The van der Waals surface area contributed by atoms with Crippen LogP contribution in [0.3, 0.4) is 0 Å². The third-order valence-corrected chi connectivity index (χ3v) is 7.46. The van der Waals surface area contributed by atoms with Crippen LogP contribution in [0.1, 0.15) is 40.9 Å².